The molecule has 1 saturated carbocycles. The molecule has 2 aliphatic heterocycles. The van der Waals surface area contributed by atoms with E-state index in [1.807, 2.05) is 4.72 Å². The van der Waals surface area contributed by atoms with Gasteiger partial charge in [0, 0.05) is 0 Å². The molecule has 0 saturated heterocycles. The van der Waals surface area contributed by atoms with E-state index in [1.165, 1.54) is 0 Å². The number of sulfonamides is 1. The molecule has 0 aromatic heterocycles. The van der Waals surface area contributed by atoms with Gasteiger partial charge in [0.05, 0.1) is 5.25 Å². The minimum Gasteiger partial charge on any atom is -0.480 e. The summed E-state index contributed by atoms with van der Waals surface area (Å²) in [5.74, 6) is -2.96. The molecule has 0 radical (unpaired) electrons. The Bertz CT molecular complexity index is 787. The van der Waals surface area contributed by atoms with Crippen molar-refractivity contribution in [3.8, 4) is 0 Å². The van der Waals surface area contributed by atoms with Crippen molar-refractivity contribution in [1.82, 2.24) is 9.73 Å². The zero-order valence-corrected chi connectivity index (χ0v) is 13.7. The number of aliphatic imine (C=N–C) groups is 1. The van der Waals surface area contributed by atoms with E-state index in [1.54, 1.807) is 0 Å². The Morgan fingerprint density at radius 3 is 2.58 bits per heavy atom. The summed E-state index contributed by atoms with van der Waals surface area (Å²) < 4.78 is 25.6. The number of nitrogens with two attached hydrogens (primary N) is 1. The van der Waals surface area contributed by atoms with Crippen LogP contribution in [0.25, 0.3) is 0 Å². The zero-order valence-electron chi connectivity index (χ0n) is 12.1. The van der Waals surface area contributed by atoms with Crippen molar-refractivity contribution in [2.75, 3.05) is 6.54 Å². The molecule has 0 aromatic carbocycles. The van der Waals surface area contributed by atoms with Gasteiger partial charge in [-0.25, -0.2) is 13.1 Å². The molecule has 2 unspecified atom stereocenters. The maximum Gasteiger partial charge on any atom is 0.324 e. The van der Waals surface area contributed by atoms with Crippen LogP contribution in [0.5, 0.6) is 0 Å². The number of carbonyl (C=O) groups is 3. The molecule has 1 aliphatic carbocycles. The molecule has 2 heterocycles. The maximum absolute atomic E-state index is 12.1. The van der Waals surface area contributed by atoms with Gasteiger partial charge in [0.1, 0.15) is 18.0 Å². The average Bonchev–Trinajstić information content (AvgIpc) is 3.14. The monoisotopic (exact) mass is 375 g/mol. The lowest BCUT2D eigenvalue weighted by Gasteiger charge is -2.19. The number of nitrogens with one attached hydrogen (secondary N) is 1. The van der Waals surface area contributed by atoms with E-state index in [-0.39, 0.29) is 10.8 Å². The first-order chi connectivity index (χ1) is 11.2. The van der Waals surface area contributed by atoms with Crippen LogP contribution in [0.1, 0.15) is 12.8 Å². The Kier molecular flexibility index (Phi) is 3.99. The molecular weight excluding hydrogens is 362 g/mol. The number of fused-ring (bicyclic) bond motifs is 1. The van der Waals surface area contributed by atoms with Gasteiger partial charge in [-0.2, -0.15) is 5.10 Å². The lowest BCUT2D eigenvalue weighted by atomic mass is 10.2. The number of carboxylic acid groups (broad SMARTS) is 1. The van der Waals surface area contributed by atoms with Crippen LogP contribution in [0.15, 0.2) is 10.1 Å². The highest BCUT2D eigenvalue weighted by Gasteiger charge is 2.47. The number of thioether (sulfide) groups is 1. The van der Waals surface area contributed by atoms with Gasteiger partial charge in [0.25, 0.3) is 11.8 Å². The van der Waals surface area contributed by atoms with E-state index in [2.05, 4.69) is 10.1 Å². The van der Waals surface area contributed by atoms with E-state index in [4.69, 9.17) is 10.8 Å². The van der Waals surface area contributed by atoms with Crippen molar-refractivity contribution in [3.05, 3.63) is 0 Å². The van der Waals surface area contributed by atoms with Crippen LogP contribution >= 0.6 is 11.8 Å². The van der Waals surface area contributed by atoms with Gasteiger partial charge < -0.3 is 10.8 Å². The second kappa shape index (κ2) is 5.73. The lowest BCUT2D eigenvalue weighted by Crippen LogP contribution is -2.37. The second-order valence-corrected chi connectivity index (χ2v) is 8.47. The minimum absolute atomic E-state index is 0.154. The van der Waals surface area contributed by atoms with Gasteiger partial charge >= 0.3 is 5.97 Å². The van der Waals surface area contributed by atoms with E-state index in [0.717, 1.165) is 16.8 Å². The van der Waals surface area contributed by atoms with Gasteiger partial charge in [-0.15, -0.1) is 0 Å². The molecule has 13 heteroatoms. The van der Waals surface area contributed by atoms with E-state index >= 15 is 0 Å². The Labute approximate surface area is 140 Å². The SMILES string of the molecule is NC(=O)C1=NN(CC(=O)O)C2SC(C(=O)NS(=O)(=O)C3CC3)=NC12. The third kappa shape index (κ3) is 3.08. The fourth-order valence-electron chi connectivity index (χ4n) is 2.28. The lowest BCUT2D eigenvalue weighted by molar-refractivity contribution is -0.138. The molecule has 1 fully saturated rings. The van der Waals surface area contributed by atoms with Crippen LogP contribution in [0.2, 0.25) is 0 Å². The van der Waals surface area contributed by atoms with Gasteiger partial charge in [-0.3, -0.25) is 24.4 Å². The Morgan fingerprint density at radius 2 is 2.04 bits per heavy atom. The normalized spacial score (nSPS) is 25.8. The first kappa shape index (κ1) is 16.7. The molecule has 0 aromatic rings. The predicted molar refractivity (Wildman–Crippen MR) is 83.7 cm³/mol. The van der Waals surface area contributed by atoms with Crippen LogP contribution < -0.4 is 10.5 Å². The number of hydrogen-bond donors (Lipinski definition) is 3. The van der Waals surface area contributed by atoms with Crippen LogP contribution in [0.4, 0.5) is 0 Å². The topological polar surface area (TPSA) is 172 Å². The van der Waals surface area contributed by atoms with Crippen LogP contribution in [-0.4, -0.2) is 70.3 Å². The number of primary amides is 1. The van der Waals surface area contributed by atoms with Crippen molar-refractivity contribution >= 4 is 50.3 Å². The summed E-state index contributed by atoms with van der Waals surface area (Å²) in [5, 5.41) is 12.4. The second-order valence-electron chi connectivity index (χ2n) is 5.40. The van der Waals surface area contributed by atoms with Crippen LogP contribution in [0, 0.1) is 0 Å². The summed E-state index contributed by atoms with van der Waals surface area (Å²) in [6, 6.07) is -0.906. The third-order valence-corrected chi connectivity index (χ3v) is 6.59. The predicted octanol–water partition coefficient (Wildman–Crippen LogP) is -2.32. The molecule has 24 heavy (non-hydrogen) atoms. The number of carbonyl (C=O) groups excluding carboxylic acids is 2. The van der Waals surface area contributed by atoms with Crippen LogP contribution in [-0.2, 0) is 24.4 Å². The number of hydrazone groups is 1. The van der Waals surface area contributed by atoms with Crippen molar-refractivity contribution in [2.45, 2.75) is 29.5 Å². The molecule has 2 atom stereocenters. The molecule has 0 bridgehead atoms. The standard InChI is InChI=1S/C11H13N5O6S2/c12-8(19)6-7-11(16(14-6)3-5(17)18)23-10(13-7)9(20)15-24(21,22)4-1-2-4/h4,7,11H,1-3H2,(H2,12,19)(H,15,20)(H,17,18). The molecule has 11 nitrogen and oxygen atoms in total. The van der Waals surface area contributed by atoms with Crippen molar-refractivity contribution in [1.29, 1.82) is 0 Å². The van der Waals surface area contributed by atoms with Gasteiger partial charge in [0.2, 0.25) is 10.0 Å². The van der Waals surface area contributed by atoms with E-state index in [9.17, 15) is 22.8 Å². The molecule has 2 amide bonds. The smallest absolute Gasteiger partial charge is 0.324 e. The quantitative estimate of drug-likeness (QED) is 0.464. The number of aliphatic carboxylic acids is 1. The molecule has 3 aliphatic rings. The summed E-state index contributed by atoms with van der Waals surface area (Å²) in [5.41, 5.74) is 5.03. The summed E-state index contributed by atoms with van der Waals surface area (Å²) in [6.07, 6.45) is 0.997. The Hall–Kier alpha value is -2.15. The van der Waals surface area contributed by atoms with Gasteiger partial charge in [0.15, 0.2) is 10.8 Å². The molecule has 3 rings (SSSR count). The molecule has 4 N–H and O–H groups in total. The van der Waals surface area contributed by atoms with Crippen molar-refractivity contribution in [3.63, 3.8) is 0 Å². The highest BCUT2D eigenvalue weighted by atomic mass is 32.2. The summed E-state index contributed by atoms with van der Waals surface area (Å²) >= 11 is 0.847. The summed E-state index contributed by atoms with van der Waals surface area (Å²) in [4.78, 5) is 38.4. The van der Waals surface area contributed by atoms with E-state index in [0.29, 0.717) is 12.8 Å². The van der Waals surface area contributed by atoms with Crippen molar-refractivity contribution in [2.24, 2.45) is 15.8 Å². The molecule has 0 spiro atoms. The highest BCUT2D eigenvalue weighted by molar-refractivity contribution is 8.16. The third-order valence-electron chi connectivity index (χ3n) is 3.51. The highest BCUT2D eigenvalue weighted by Crippen LogP contribution is 2.35. The average molecular weight is 375 g/mol. The van der Waals surface area contributed by atoms with Crippen LogP contribution in [0.3, 0.4) is 0 Å². The fourth-order valence-corrected chi connectivity index (χ4v) is 4.75. The van der Waals surface area contributed by atoms with E-state index < -0.39 is 51.0 Å². The Balaban J connectivity index is 1.78. The number of rotatable bonds is 6. The summed E-state index contributed by atoms with van der Waals surface area (Å²) in [7, 11) is -3.73. The fraction of sp³-hybridized carbons (Fsp3) is 0.545. The summed E-state index contributed by atoms with van der Waals surface area (Å²) in [6.45, 7) is -0.504. The number of hydrogen-bond acceptors (Lipinski definition) is 9. The zero-order chi connectivity index (χ0) is 17.6. The maximum atomic E-state index is 12.1. The first-order valence-corrected chi connectivity index (χ1v) is 9.29. The molecule has 130 valence electrons. The molecular formula is C11H13N5O6S2. The number of amides is 2. The van der Waals surface area contributed by atoms with Gasteiger partial charge in [-0.1, -0.05) is 11.8 Å². The largest absolute Gasteiger partial charge is 0.480 e. The minimum atomic E-state index is -3.73. The number of nitrogens with zero attached hydrogens (tertiary/aromatic N) is 3. The van der Waals surface area contributed by atoms with Gasteiger partial charge in [-0.05, 0) is 12.8 Å². The van der Waals surface area contributed by atoms with Crippen molar-refractivity contribution < 1.29 is 27.9 Å². The first-order valence-electron chi connectivity index (χ1n) is 6.86. The number of carboxylic acids is 1. The Morgan fingerprint density at radius 1 is 1.38 bits per heavy atom.